The molecule has 0 spiro atoms. The molecule has 1 fully saturated rings. The molecule has 16 nitrogen and oxygen atoms in total. The number of benzene rings is 3. The average Bonchev–Trinajstić information content (AvgIpc) is 3.71. The van der Waals surface area contributed by atoms with E-state index in [2.05, 4.69) is 24.6 Å². The smallest absolute Gasteiger partial charge is 0.301 e. The summed E-state index contributed by atoms with van der Waals surface area (Å²) in [6.45, 7) is 0.550. The number of ether oxygens (including phenoxy) is 3. The molecule has 1 saturated heterocycles. The third kappa shape index (κ3) is 7.59. The van der Waals surface area contributed by atoms with Gasteiger partial charge in [0.15, 0.2) is 11.6 Å². The van der Waals surface area contributed by atoms with E-state index >= 15 is 0 Å². The summed E-state index contributed by atoms with van der Waals surface area (Å²) in [5, 5.41) is 21.1. The van der Waals surface area contributed by atoms with Crippen LogP contribution in [0.5, 0.6) is 17.4 Å². The second-order valence-corrected chi connectivity index (χ2v) is 10.9. The van der Waals surface area contributed by atoms with E-state index < -0.39 is 33.7 Å². The van der Waals surface area contributed by atoms with Gasteiger partial charge in [-0.25, -0.2) is 15.0 Å². The molecule has 2 aromatic heterocycles. The van der Waals surface area contributed by atoms with E-state index in [9.17, 15) is 20.2 Å². The number of imidazole rings is 1. The van der Waals surface area contributed by atoms with Gasteiger partial charge in [-0.3, -0.25) is 9.68 Å². The van der Waals surface area contributed by atoms with Gasteiger partial charge in [-0.1, -0.05) is 59.6 Å². The lowest BCUT2D eigenvalue weighted by atomic mass is 10.1. The summed E-state index contributed by atoms with van der Waals surface area (Å²) < 4.78 is 20.4. The predicted molar refractivity (Wildman–Crippen MR) is 168 cm³/mol. The molecule has 5 aromatic rings. The van der Waals surface area contributed by atoms with Gasteiger partial charge >= 0.3 is 5.09 Å². The molecule has 3 aromatic carbocycles. The molecule has 18 heteroatoms. The summed E-state index contributed by atoms with van der Waals surface area (Å²) in [7, 11) is 0. The molecule has 3 heterocycles. The first-order valence-corrected chi connectivity index (χ1v) is 14.5. The molecule has 48 heavy (non-hydrogen) atoms. The maximum Gasteiger partial charge on any atom is 0.301 e. The fourth-order valence-electron chi connectivity index (χ4n) is 4.90. The average molecular weight is 699 g/mol. The zero-order valence-electron chi connectivity index (χ0n) is 24.5. The Morgan fingerprint density at radius 1 is 0.958 bits per heavy atom. The predicted octanol–water partition coefficient (Wildman–Crippen LogP) is 4.98. The van der Waals surface area contributed by atoms with E-state index in [0.29, 0.717) is 32.5 Å². The Bertz CT molecular complexity index is 1900. The lowest BCUT2D eigenvalue weighted by molar-refractivity contribution is -0.722. The summed E-state index contributed by atoms with van der Waals surface area (Å²) in [6, 6.07) is 19.9. The van der Waals surface area contributed by atoms with Crippen LogP contribution in [0, 0.1) is 20.2 Å². The molecule has 1 aliphatic rings. The second-order valence-electron chi connectivity index (χ2n) is 10.0. The molecule has 248 valence electrons. The molecule has 0 radical (unpaired) electrons. The molecular weight excluding hydrogens is 675 g/mol. The van der Waals surface area contributed by atoms with E-state index in [1.54, 1.807) is 91.5 Å². The van der Waals surface area contributed by atoms with Gasteiger partial charge in [0.05, 0.1) is 24.5 Å². The Balaban J connectivity index is 0.00000451. The third-order valence-electron chi connectivity index (χ3n) is 6.91. The Hall–Kier alpha value is -5.39. The lowest BCUT2D eigenvalue weighted by Crippen LogP contribution is -2.34. The zero-order valence-corrected chi connectivity index (χ0v) is 26.0. The minimum absolute atomic E-state index is 0. The summed E-state index contributed by atoms with van der Waals surface area (Å²) in [4.78, 5) is 44.2. The van der Waals surface area contributed by atoms with Crippen molar-refractivity contribution in [2.75, 3.05) is 13.2 Å². The van der Waals surface area contributed by atoms with Gasteiger partial charge in [0.1, 0.15) is 24.2 Å². The highest BCUT2D eigenvalue weighted by molar-refractivity contribution is 6.35. The van der Waals surface area contributed by atoms with E-state index in [1.807, 2.05) is 4.57 Å². The fourth-order valence-corrected chi connectivity index (χ4v) is 5.46. The lowest BCUT2D eigenvalue weighted by Gasteiger charge is -2.30. The monoisotopic (exact) mass is 698 g/mol. The SMILES string of the molecule is O.O=[N+]([O-])Oc1nc(-c2ccccc2)nc(-c2ccc(OCC3COC(Cn4ccnc4)(c4ccc(Cl)cc4Cl)O3)cc2)c1O[N+](=O)[O-]. The highest BCUT2D eigenvalue weighted by atomic mass is 35.5. The molecule has 0 bridgehead atoms. The van der Waals surface area contributed by atoms with Crippen LogP contribution in [-0.2, 0) is 21.8 Å². The summed E-state index contributed by atoms with van der Waals surface area (Å²) >= 11 is 12.7. The van der Waals surface area contributed by atoms with Crippen LogP contribution in [0.1, 0.15) is 5.56 Å². The van der Waals surface area contributed by atoms with Gasteiger partial charge < -0.3 is 24.3 Å². The minimum atomic E-state index is -1.24. The van der Waals surface area contributed by atoms with Crippen molar-refractivity contribution in [2.24, 2.45) is 0 Å². The van der Waals surface area contributed by atoms with Crippen LogP contribution in [-0.4, -0.2) is 54.5 Å². The maximum absolute atomic E-state index is 11.3. The molecule has 6 rings (SSSR count). The van der Waals surface area contributed by atoms with Gasteiger partial charge in [0.2, 0.25) is 11.7 Å². The van der Waals surface area contributed by atoms with Crippen molar-refractivity contribution in [2.45, 2.75) is 18.4 Å². The Morgan fingerprint density at radius 3 is 2.38 bits per heavy atom. The quantitative estimate of drug-likeness (QED) is 0.125. The van der Waals surface area contributed by atoms with E-state index in [-0.39, 0.29) is 36.8 Å². The highest BCUT2D eigenvalue weighted by Gasteiger charge is 2.45. The van der Waals surface area contributed by atoms with Crippen LogP contribution in [0.4, 0.5) is 0 Å². The van der Waals surface area contributed by atoms with Crippen LogP contribution in [0.2, 0.25) is 10.0 Å². The van der Waals surface area contributed by atoms with Crippen LogP contribution < -0.4 is 14.4 Å². The van der Waals surface area contributed by atoms with Crippen LogP contribution >= 0.6 is 23.2 Å². The van der Waals surface area contributed by atoms with Crippen LogP contribution in [0.25, 0.3) is 22.6 Å². The normalized spacial score (nSPS) is 16.9. The van der Waals surface area contributed by atoms with Crippen molar-refractivity contribution in [3.8, 4) is 40.0 Å². The molecule has 2 unspecified atom stereocenters. The molecule has 0 amide bonds. The Kier molecular flexibility index (Phi) is 10.3. The summed E-state index contributed by atoms with van der Waals surface area (Å²) in [5.74, 6) is -2.18. The molecule has 2 N–H and O–H groups in total. The van der Waals surface area contributed by atoms with Crippen molar-refractivity contribution in [3.05, 3.63) is 127 Å². The zero-order chi connectivity index (χ0) is 33.0. The van der Waals surface area contributed by atoms with Gasteiger partial charge in [0.25, 0.3) is 5.09 Å². The van der Waals surface area contributed by atoms with Crippen molar-refractivity contribution in [1.29, 1.82) is 0 Å². The number of hydrogen-bond acceptors (Lipinski definition) is 12. The van der Waals surface area contributed by atoms with Crippen LogP contribution in [0.3, 0.4) is 0 Å². The van der Waals surface area contributed by atoms with Gasteiger partial charge in [0, 0.05) is 34.1 Å². The number of rotatable bonds is 12. The van der Waals surface area contributed by atoms with E-state index in [0.717, 1.165) is 0 Å². The first-order valence-electron chi connectivity index (χ1n) is 13.8. The topological polar surface area (TPSA) is 208 Å². The molecule has 0 aliphatic carbocycles. The Morgan fingerprint density at radius 2 is 1.71 bits per heavy atom. The number of aromatic nitrogens is 4. The molecule has 2 atom stereocenters. The summed E-state index contributed by atoms with van der Waals surface area (Å²) in [6.07, 6.45) is 4.56. The number of nitrogens with zero attached hydrogens (tertiary/aromatic N) is 6. The second kappa shape index (κ2) is 14.6. The van der Waals surface area contributed by atoms with Crippen molar-refractivity contribution < 1.29 is 39.5 Å². The van der Waals surface area contributed by atoms with Crippen molar-refractivity contribution in [1.82, 2.24) is 19.5 Å². The molecular formula is C30H24Cl2N6O10. The highest BCUT2D eigenvalue weighted by Crippen LogP contribution is 2.41. The van der Waals surface area contributed by atoms with E-state index in [1.165, 1.54) is 0 Å². The standard InChI is InChI=1S/C30H22Cl2N6O9.H2O/c31-21-8-11-24(25(32)14-21)30(17-36-13-12-33-18-36)44-16-23(45-30)15-43-22-9-6-19(7-10-22)26-27(46-37(39)40)29(47-38(41)42)35-28(34-26)20-4-2-1-3-5-20;/h1-14,18,23H,15-17H2;1H2. The van der Waals surface area contributed by atoms with Gasteiger partial charge in [-0.15, -0.1) is 20.2 Å². The third-order valence-corrected chi connectivity index (χ3v) is 7.46. The fraction of sp³-hybridized carbons (Fsp3) is 0.167. The van der Waals surface area contributed by atoms with Gasteiger partial charge in [-0.05, 0) is 36.4 Å². The van der Waals surface area contributed by atoms with Crippen molar-refractivity contribution >= 4 is 23.2 Å². The first kappa shape index (κ1) is 34.0. The van der Waals surface area contributed by atoms with Crippen molar-refractivity contribution in [3.63, 3.8) is 0 Å². The maximum atomic E-state index is 11.3. The largest absolute Gasteiger partial charge is 0.491 e. The molecule has 1 aliphatic heterocycles. The number of hydrogen-bond donors (Lipinski definition) is 0. The minimum Gasteiger partial charge on any atom is -0.491 e. The Labute approximate surface area is 280 Å². The summed E-state index contributed by atoms with van der Waals surface area (Å²) in [5.41, 5.74) is 1.27. The molecule has 0 saturated carbocycles. The van der Waals surface area contributed by atoms with Crippen LogP contribution in [0.15, 0.2) is 91.5 Å². The number of halogens is 2. The van der Waals surface area contributed by atoms with E-state index in [4.69, 9.17) is 37.4 Å². The first-order chi connectivity index (χ1) is 22.7. The van der Waals surface area contributed by atoms with Gasteiger partial charge in [-0.2, -0.15) is 0 Å².